The van der Waals surface area contributed by atoms with Gasteiger partial charge < -0.3 is 9.42 Å². The lowest BCUT2D eigenvalue weighted by atomic mass is 10.0. The highest BCUT2D eigenvalue weighted by Crippen LogP contribution is 2.49. The minimum atomic E-state index is -0.0572. The normalized spacial score (nSPS) is 26.0. The predicted octanol–water partition coefficient (Wildman–Crippen LogP) is 4.05. The molecule has 3 atom stereocenters. The number of benzene rings is 1. The Balaban J connectivity index is 1.50. The van der Waals surface area contributed by atoms with Crippen molar-refractivity contribution in [1.29, 1.82) is 0 Å². The van der Waals surface area contributed by atoms with E-state index in [9.17, 15) is 4.79 Å². The molecule has 2 fully saturated rings. The third kappa shape index (κ3) is 3.20. The number of piperidine rings is 1. The molecule has 1 aliphatic carbocycles. The second-order valence-electron chi connectivity index (χ2n) is 7.55. The molecule has 5 heteroatoms. The second-order valence-corrected chi connectivity index (χ2v) is 7.55. The Kier molecular flexibility index (Phi) is 4.32. The zero-order valence-corrected chi connectivity index (χ0v) is 14.9. The lowest BCUT2D eigenvalue weighted by Gasteiger charge is -2.33. The smallest absolute Gasteiger partial charge is 0.249 e. The Morgan fingerprint density at radius 3 is 2.76 bits per heavy atom. The van der Waals surface area contributed by atoms with Crippen LogP contribution < -0.4 is 0 Å². The van der Waals surface area contributed by atoms with Gasteiger partial charge in [-0.1, -0.05) is 49.3 Å². The number of hydrogen-bond acceptors (Lipinski definition) is 4. The first kappa shape index (κ1) is 16.3. The molecule has 4 rings (SSSR count). The molecule has 0 spiro atoms. The molecular formula is C20H25N3O2. The molecule has 1 aromatic carbocycles. The fourth-order valence-electron chi connectivity index (χ4n) is 3.82. The van der Waals surface area contributed by atoms with Crippen molar-refractivity contribution in [1.82, 2.24) is 15.0 Å². The van der Waals surface area contributed by atoms with Gasteiger partial charge in [0.05, 0.1) is 0 Å². The maximum atomic E-state index is 13.1. The Morgan fingerprint density at radius 1 is 1.24 bits per heavy atom. The van der Waals surface area contributed by atoms with E-state index in [0.717, 1.165) is 38.1 Å². The van der Waals surface area contributed by atoms with Crippen LogP contribution in [0.25, 0.3) is 0 Å². The molecule has 132 valence electrons. The van der Waals surface area contributed by atoms with Crippen molar-refractivity contribution < 1.29 is 9.32 Å². The van der Waals surface area contributed by atoms with E-state index < -0.39 is 0 Å². The number of nitrogens with zero attached hydrogens (tertiary/aromatic N) is 3. The minimum Gasteiger partial charge on any atom is -0.337 e. The number of rotatable bonds is 4. The Hall–Kier alpha value is -2.17. The van der Waals surface area contributed by atoms with Crippen LogP contribution >= 0.6 is 0 Å². The van der Waals surface area contributed by atoms with E-state index >= 15 is 0 Å². The fourth-order valence-corrected chi connectivity index (χ4v) is 3.82. The van der Waals surface area contributed by atoms with Crippen molar-refractivity contribution in [2.45, 2.75) is 57.4 Å². The summed E-state index contributed by atoms with van der Waals surface area (Å²) in [5, 5.41) is 4.08. The zero-order valence-electron chi connectivity index (χ0n) is 14.9. The number of hydrogen-bond donors (Lipinski definition) is 0. The lowest BCUT2D eigenvalue weighted by molar-refractivity contribution is -0.137. The average molecular weight is 339 g/mol. The zero-order chi connectivity index (χ0) is 17.4. The van der Waals surface area contributed by atoms with Crippen molar-refractivity contribution in [3.63, 3.8) is 0 Å². The Morgan fingerprint density at radius 2 is 2.04 bits per heavy atom. The molecule has 1 amide bonds. The summed E-state index contributed by atoms with van der Waals surface area (Å²) in [6, 6.07) is 10.3. The molecule has 0 bridgehead atoms. The first-order valence-corrected chi connectivity index (χ1v) is 9.34. The van der Waals surface area contributed by atoms with Gasteiger partial charge in [-0.25, -0.2) is 0 Å². The van der Waals surface area contributed by atoms with Gasteiger partial charge in [-0.05, 0) is 37.2 Å². The van der Waals surface area contributed by atoms with Crippen LogP contribution in [0.4, 0.5) is 0 Å². The van der Waals surface area contributed by atoms with Gasteiger partial charge in [0, 0.05) is 18.4 Å². The summed E-state index contributed by atoms with van der Waals surface area (Å²) in [6.07, 6.45) is 4.01. The number of carbonyl (C=O) groups excluding carboxylic acids is 1. The van der Waals surface area contributed by atoms with E-state index in [1.807, 2.05) is 36.9 Å². The lowest BCUT2D eigenvalue weighted by Crippen LogP contribution is -2.39. The predicted molar refractivity (Wildman–Crippen MR) is 94.0 cm³/mol. The van der Waals surface area contributed by atoms with Gasteiger partial charge >= 0.3 is 0 Å². The number of carbonyl (C=O) groups is 1. The SMILES string of the molecule is CC(C)c1noc([C@@H]2CCCCN2C(=O)[C@H]2C[C@H]2c2ccccc2)n1. The molecule has 2 heterocycles. The van der Waals surface area contributed by atoms with E-state index in [2.05, 4.69) is 22.3 Å². The molecule has 1 aromatic heterocycles. The Bertz CT molecular complexity index is 740. The van der Waals surface area contributed by atoms with Crippen LogP contribution in [0.1, 0.15) is 74.7 Å². The molecule has 2 aliphatic rings. The minimum absolute atomic E-state index is 0.0572. The highest BCUT2D eigenvalue weighted by Gasteiger charge is 2.47. The van der Waals surface area contributed by atoms with Gasteiger partial charge in [-0.3, -0.25) is 4.79 Å². The summed E-state index contributed by atoms with van der Waals surface area (Å²) in [5.74, 6) is 2.29. The summed E-state index contributed by atoms with van der Waals surface area (Å²) >= 11 is 0. The largest absolute Gasteiger partial charge is 0.337 e. The van der Waals surface area contributed by atoms with Crippen LogP contribution in [0.2, 0.25) is 0 Å². The van der Waals surface area contributed by atoms with Crippen molar-refractivity contribution >= 4 is 5.91 Å². The van der Waals surface area contributed by atoms with E-state index in [4.69, 9.17) is 4.52 Å². The molecule has 1 saturated carbocycles. The summed E-state index contributed by atoms with van der Waals surface area (Å²) in [6.45, 7) is 4.89. The van der Waals surface area contributed by atoms with Gasteiger partial charge in [0.25, 0.3) is 0 Å². The number of aromatic nitrogens is 2. The maximum absolute atomic E-state index is 13.1. The highest BCUT2D eigenvalue weighted by molar-refractivity contribution is 5.83. The third-order valence-electron chi connectivity index (χ3n) is 5.38. The average Bonchev–Trinajstić information content (AvgIpc) is 3.29. The molecule has 2 aromatic rings. The fraction of sp³-hybridized carbons (Fsp3) is 0.550. The molecule has 25 heavy (non-hydrogen) atoms. The third-order valence-corrected chi connectivity index (χ3v) is 5.38. The molecular weight excluding hydrogens is 314 g/mol. The summed E-state index contributed by atoms with van der Waals surface area (Å²) in [7, 11) is 0. The van der Waals surface area contributed by atoms with Crippen molar-refractivity contribution in [2.75, 3.05) is 6.54 Å². The maximum Gasteiger partial charge on any atom is 0.249 e. The van der Waals surface area contributed by atoms with Gasteiger partial charge in [0.15, 0.2) is 5.82 Å². The quantitative estimate of drug-likeness (QED) is 0.843. The summed E-state index contributed by atoms with van der Waals surface area (Å²) < 4.78 is 5.50. The van der Waals surface area contributed by atoms with Crippen molar-refractivity contribution in [3.8, 4) is 0 Å². The van der Waals surface area contributed by atoms with E-state index in [1.54, 1.807) is 0 Å². The van der Waals surface area contributed by atoms with Gasteiger partial charge in [0.2, 0.25) is 11.8 Å². The Labute approximate surface area is 148 Å². The van der Waals surface area contributed by atoms with Gasteiger partial charge in [-0.2, -0.15) is 4.98 Å². The van der Waals surface area contributed by atoms with Crippen LogP contribution in [0.15, 0.2) is 34.9 Å². The van der Waals surface area contributed by atoms with Crippen LogP contribution in [0.3, 0.4) is 0 Å². The summed E-state index contributed by atoms with van der Waals surface area (Å²) in [4.78, 5) is 19.7. The van der Waals surface area contributed by atoms with Crippen molar-refractivity contribution in [3.05, 3.63) is 47.6 Å². The molecule has 1 saturated heterocycles. The second kappa shape index (κ2) is 6.62. The van der Waals surface area contributed by atoms with Gasteiger partial charge in [0.1, 0.15) is 6.04 Å². The molecule has 0 radical (unpaired) electrons. The van der Waals surface area contributed by atoms with E-state index in [1.165, 1.54) is 5.56 Å². The standard InChI is InChI=1S/C20H25N3O2/c1-13(2)18-21-19(25-22-18)17-10-6-7-11-23(17)20(24)16-12-15(16)14-8-4-3-5-9-14/h3-5,8-9,13,15-17H,6-7,10-12H2,1-2H3/t15-,16-,17-/m0/s1. The van der Waals surface area contributed by atoms with E-state index in [0.29, 0.717) is 11.8 Å². The summed E-state index contributed by atoms with van der Waals surface area (Å²) in [5.41, 5.74) is 1.27. The van der Waals surface area contributed by atoms with Crippen LogP contribution in [-0.2, 0) is 4.79 Å². The first-order valence-electron chi connectivity index (χ1n) is 9.34. The topological polar surface area (TPSA) is 59.2 Å². The molecule has 1 aliphatic heterocycles. The van der Waals surface area contributed by atoms with Crippen LogP contribution in [0.5, 0.6) is 0 Å². The van der Waals surface area contributed by atoms with E-state index in [-0.39, 0.29) is 23.8 Å². The molecule has 5 nitrogen and oxygen atoms in total. The highest BCUT2D eigenvalue weighted by atomic mass is 16.5. The molecule has 0 unspecified atom stereocenters. The van der Waals surface area contributed by atoms with Gasteiger partial charge in [-0.15, -0.1) is 0 Å². The number of likely N-dealkylation sites (tertiary alicyclic amines) is 1. The van der Waals surface area contributed by atoms with Crippen LogP contribution in [0, 0.1) is 5.92 Å². The van der Waals surface area contributed by atoms with Crippen molar-refractivity contribution in [2.24, 2.45) is 5.92 Å². The van der Waals surface area contributed by atoms with Crippen LogP contribution in [-0.4, -0.2) is 27.5 Å². The monoisotopic (exact) mass is 339 g/mol. The number of amides is 1. The first-order chi connectivity index (χ1) is 12.1. The molecule has 0 N–H and O–H groups in total.